The van der Waals surface area contributed by atoms with Gasteiger partial charge in [-0.15, -0.1) is 0 Å². The van der Waals surface area contributed by atoms with Crippen molar-refractivity contribution in [1.29, 1.82) is 0 Å². The van der Waals surface area contributed by atoms with E-state index in [1.54, 1.807) is 8.58 Å². The number of benzene rings is 2. The van der Waals surface area contributed by atoms with Crippen molar-refractivity contribution in [2.75, 3.05) is 0 Å². The monoisotopic (exact) mass is 412 g/mol. The molecule has 1 aliphatic rings. The summed E-state index contributed by atoms with van der Waals surface area (Å²) in [4.78, 5) is 0. The van der Waals surface area contributed by atoms with Crippen molar-refractivity contribution in [3.63, 3.8) is 0 Å². The van der Waals surface area contributed by atoms with Crippen LogP contribution in [-0.2, 0) is 24.7 Å². The van der Waals surface area contributed by atoms with E-state index in [4.69, 9.17) is 0 Å². The number of rotatable bonds is 3. The summed E-state index contributed by atoms with van der Waals surface area (Å²) in [6, 6.07) is 17.8. The van der Waals surface area contributed by atoms with Crippen LogP contribution in [0.3, 0.4) is 0 Å². The Hall–Kier alpha value is 0.333. The Labute approximate surface area is 156 Å². The first-order valence-electron chi connectivity index (χ1n) is 6.95. The van der Waals surface area contributed by atoms with Gasteiger partial charge in [0.25, 0.3) is 0 Å². The average Bonchev–Trinajstić information content (AvgIpc) is 2.93. The van der Waals surface area contributed by atoms with E-state index in [-0.39, 0.29) is 24.8 Å². The first-order valence-corrected chi connectivity index (χ1v) is 9.14. The van der Waals surface area contributed by atoms with Crippen molar-refractivity contribution in [3.05, 3.63) is 48.5 Å². The Balaban J connectivity index is 0.00000110. The van der Waals surface area contributed by atoms with E-state index in [1.807, 2.05) is 0 Å². The molecule has 108 valence electrons. The maximum absolute atomic E-state index is 2.42. The van der Waals surface area contributed by atoms with E-state index in [1.165, 1.54) is 70.1 Å². The average molecular weight is 414 g/mol. The molecule has 21 heavy (non-hydrogen) atoms. The first-order chi connectivity index (χ1) is 9.33. The molecule has 0 amide bonds. The maximum atomic E-state index is 2.42. The van der Waals surface area contributed by atoms with Crippen LogP contribution in [-0.4, -0.2) is 5.66 Å². The molecule has 0 unspecified atom stereocenters. The van der Waals surface area contributed by atoms with Gasteiger partial charge in [-0.2, -0.15) is 0 Å². The molecular weight excluding hydrogens is 397 g/mol. The van der Waals surface area contributed by atoms with Crippen LogP contribution in [0.2, 0.25) is 0 Å². The van der Waals surface area contributed by atoms with Gasteiger partial charge >= 0.3 is 133 Å². The summed E-state index contributed by atoms with van der Waals surface area (Å²) < 4.78 is 1.49. The van der Waals surface area contributed by atoms with Crippen LogP contribution in [0.1, 0.15) is 25.7 Å². The molecule has 0 saturated heterocycles. The fourth-order valence-electron chi connectivity index (χ4n) is 2.73. The van der Waals surface area contributed by atoms with Gasteiger partial charge in [-0.3, -0.25) is 0 Å². The summed E-state index contributed by atoms with van der Waals surface area (Å²) >= 11 is 1.51. The second kappa shape index (κ2) is 9.47. The third-order valence-electron chi connectivity index (χ3n) is 3.74. The second-order valence-corrected chi connectivity index (χ2v) is 7.99. The Bertz CT molecular complexity index is 554. The molecule has 0 radical (unpaired) electrons. The molecule has 0 N–H and O–H groups in total. The van der Waals surface area contributed by atoms with E-state index in [0.29, 0.717) is 0 Å². The Kier molecular flexibility index (Phi) is 8.74. The van der Waals surface area contributed by atoms with E-state index in [9.17, 15) is 0 Å². The van der Waals surface area contributed by atoms with Gasteiger partial charge in [-0.05, 0) is 0 Å². The molecule has 0 atom stereocenters. The van der Waals surface area contributed by atoms with E-state index >= 15 is 0 Å². The molecule has 2 aromatic rings. The molecule has 0 bridgehead atoms. The van der Waals surface area contributed by atoms with Gasteiger partial charge in [0.2, 0.25) is 0 Å². The van der Waals surface area contributed by atoms with Crippen LogP contribution < -0.4 is 33.4 Å². The van der Waals surface area contributed by atoms with Crippen LogP contribution in [0.25, 0.3) is 11.1 Å². The van der Waals surface area contributed by atoms with Gasteiger partial charge in [0, 0.05) is 0 Å². The molecule has 2 aromatic carbocycles. The molecule has 0 aromatic heterocycles. The Morgan fingerprint density at radius 2 is 1.57 bits per heavy atom. The van der Waals surface area contributed by atoms with Crippen molar-refractivity contribution in [2.45, 2.75) is 31.3 Å². The predicted octanol–water partition coefficient (Wildman–Crippen LogP) is -1.95. The second-order valence-electron chi connectivity index (χ2n) is 5.16. The first kappa shape index (κ1) is 19.4. The summed E-state index contributed by atoms with van der Waals surface area (Å²) in [5.74, 6) is 0. The summed E-state index contributed by atoms with van der Waals surface area (Å²) in [6.07, 6.45) is 5.72. The zero-order valence-electron chi connectivity index (χ0n) is 11.7. The van der Waals surface area contributed by atoms with Crippen LogP contribution in [0.5, 0.6) is 0 Å². The quantitative estimate of drug-likeness (QED) is 0.513. The molecule has 1 aliphatic carbocycles. The van der Waals surface area contributed by atoms with Crippen molar-refractivity contribution >= 4 is 17.2 Å². The summed E-state index contributed by atoms with van der Waals surface area (Å²) in [6.45, 7) is 0. The number of hydrogen-bond donors (Lipinski definition) is 0. The van der Waals surface area contributed by atoms with Crippen molar-refractivity contribution < 1.29 is 49.5 Å². The number of hydrogen-bond acceptors (Lipinski definition) is 0. The molecule has 1 saturated carbocycles. The SMILES string of the molecule is [Cl-].[Cl-].[Zr+3][c]1cc([P-]C2CCCC2)ccc1-c1ccccc1. The van der Waals surface area contributed by atoms with Gasteiger partial charge in [0.15, 0.2) is 0 Å². The third kappa shape index (κ3) is 5.18. The molecule has 4 heteroatoms. The topological polar surface area (TPSA) is 0 Å². The Morgan fingerprint density at radius 3 is 2.19 bits per heavy atom. The molecule has 1 fully saturated rings. The van der Waals surface area contributed by atoms with Gasteiger partial charge < -0.3 is 24.8 Å². The fourth-order valence-corrected chi connectivity index (χ4v) is 5.38. The van der Waals surface area contributed by atoms with E-state index in [2.05, 4.69) is 48.5 Å². The van der Waals surface area contributed by atoms with Gasteiger partial charge in [0.1, 0.15) is 0 Å². The van der Waals surface area contributed by atoms with E-state index in [0.717, 1.165) is 5.66 Å². The summed E-state index contributed by atoms with van der Waals surface area (Å²) in [5.41, 5.74) is 3.67. The molecule has 0 spiro atoms. The van der Waals surface area contributed by atoms with Crippen LogP contribution in [0.15, 0.2) is 48.5 Å². The normalized spacial score (nSPS) is 15.0. The predicted molar refractivity (Wildman–Crippen MR) is 80.3 cm³/mol. The minimum absolute atomic E-state index is 0. The third-order valence-corrected chi connectivity index (χ3v) is 6.22. The Morgan fingerprint density at radius 1 is 0.905 bits per heavy atom. The van der Waals surface area contributed by atoms with Crippen LogP contribution >= 0.6 is 8.58 Å². The van der Waals surface area contributed by atoms with Gasteiger partial charge in [-0.1, -0.05) is 0 Å². The van der Waals surface area contributed by atoms with Crippen LogP contribution in [0, 0.1) is 0 Å². The van der Waals surface area contributed by atoms with Crippen molar-refractivity contribution in [1.82, 2.24) is 0 Å². The van der Waals surface area contributed by atoms with Gasteiger partial charge in [0.05, 0.1) is 0 Å². The zero-order valence-corrected chi connectivity index (χ0v) is 16.6. The standard InChI is InChI=1S/C17H17P.2ClH.Zr/c1-2-6-14(7-3-1)15-10-12-17(13-11-15)18-16-8-4-5-9-16;;;/h1-3,6-7,10,12-13,16H,4-5,8-9H2;2*1H;/q-1;;;+3/p-2. The van der Waals surface area contributed by atoms with E-state index < -0.39 is 0 Å². The molecule has 0 heterocycles. The van der Waals surface area contributed by atoms with Crippen molar-refractivity contribution in [3.8, 4) is 11.1 Å². The molecular formula is C17H17Cl2PZr. The molecule has 3 rings (SSSR count). The fraction of sp³-hybridized carbons (Fsp3) is 0.294. The van der Waals surface area contributed by atoms with Crippen LogP contribution in [0.4, 0.5) is 0 Å². The molecule has 0 nitrogen and oxygen atoms in total. The number of halogens is 2. The summed E-state index contributed by atoms with van der Waals surface area (Å²) in [5, 5.41) is 1.51. The van der Waals surface area contributed by atoms with Crippen molar-refractivity contribution in [2.24, 2.45) is 0 Å². The molecule has 0 aliphatic heterocycles. The van der Waals surface area contributed by atoms with Gasteiger partial charge in [-0.25, -0.2) is 0 Å². The summed E-state index contributed by atoms with van der Waals surface area (Å²) in [7, 11) is 1.55. The minimum atomic E-state index is 0. The zero-order chi connectivity index (χ0) is 13.1.